The van der Waals surface area contributed by atoms with Crippen LogP contribution in [0.2, 0.25) is 0 Å². The number of hydrogen-bond acceptors (Lipinski definition) is 1. The summed E-state index contributed by atoms with van der Waals surface area (Å²) in [5.74, 6) is 0.385. The summed E-state index contributed by atoms with van der Waals surface area (Å²) in [5.41, 5.74) is 0. The van der Waals surface area contributed by atoms with Crippen molar-refractivity contribution in [2.45, 2.75) is 57.7 Å². The Morgan fingerprint density at radius 1 is 1.31 bits per heavy atom. The van der Waals surface area contributed by atoms with Gasteiger partial charge in [0.1, 0.15) is 6.29 Å². The molecule has 78 valence electrons. The second-order valence-corrected chi connectivity index (χ2v) is 4.38. The fraction of sp³-hybridized carbons (Fsp3) is 0.909. The summed E-state index contributed by atoms with van der Waals surface area (Å²) in [4.78, 5) is 10.3. The Labute approximate surface area is 86.9 Å². The van der Waals surface area contributed by atoms with E-state index in [0.29, 0.717) is 12.3 Å². The quantitative estimate of drug-likeness (QED) is 0.334. The summed E-state index contributed by atoms with van der Waals surface area (Å²) in [6, 6.07) is 0. The first-order chi connectivity index (χ1) is 6.22. The lowest BCUT2D eigenvalue weighted by Crippen LogP contribution is -2.11. The van der Waals surface area contributed by atoms with Gasteiger partial charge in [0, 0.05) is 11.8 Å². The zero-order valence-electron chi connectivity index (χ0n) is 8.76. The van der Waals surface area contributed by atoms with E-state index in [1.165, 1.54) is 25.7 Å². The third-order valence-electron chi connectivity index (χ3n) is 2.48. The minimum Gasteiger partial charge on any atom is -0.303 e. The van der Waals surface area contributed by atoms with Gasteiger partial charge in [0.05, 0.1) is 0 Å². The van der Waals surface area contributed by atoms with E-state index in [1.807, 2.05) is 6.92 Å². The fourth-order valence-electron chi connectivity index (χ4n) is 1.49. The van der Waals surface area contributed by atoms with Crippen LogP contribution in [0.25, 0.3) is 0 Å². The van der Waals surface area contributed by atoms with Crippen LogP contribution < -0.4 is 0 Å². The van der Waals surface area contributed by atoms with E-state index < -0.39 is 0 Å². The number of aldehydes is 1. The average Bonchev–Trinajstić information content (AvgIpc) is 2.10. The fourth-order valence-corrected chi connectivity index (χ4v) is 1.72. The Hall–Kier alpha value is -0.0400. The Kier molecular flexibility index (Phi) is 8.53. The first kappa shape index (κ1) is 13.0. The molecule has 0 aliphatic heterocycles. The molecule has 0 spiro atoms. The third-order valence-corrected chi connectivity index (χ3v) is 2.83. The molecule has 0 saturated heterocycles. The monoisotopic (exact) mass is 204 g/mol. The van der Waals surface area contributed by atoms with E-state index in [-0.39, 0.29) is 5.38 Å². The van der Waals surface area contributed by atoms with Crippen molar-refractivity contribution < 1.29 is 4.79 Å². The van der Waals surface area contributed by atoms with Crippen LogP contribution >= 0.6 is 11.6 Å². The normalized spacial score (nSPS) is 15.3. The van der Waals surface area contributed by atoms with Crippen LogP contribution in [0.3, 0.4) is 0 Å². The van der Waals surface area contributed by atoms with Gasteiger partial charge >= 0.3 is 0 Å². The number of halogens is 1. The smallest absolute Gasteiger partial charge is 0.120 e. The molecule has 0 radical (unpaired) electrons. The minimum absolute atomic E-state index is 0.131. The van der Waals surface area contributed by atoms with E-state index >= 15 is 0 Å². The molecular weight excluding hydrogens is 184 g/mol. The second-order valence-electron chi connectivity index (χ2n) is 3.69. The SMILES string of the molecule is CCCCCCC(CC=O)C(C)Cl. The second kappa shape index (κ2) is 8.55. The molecule has 0 heterocycles. The number of hydrogen-bond donors (Lipinski definition) is 0. The van der Waals surface area contributed by atoms with Crippen molar-refractivity contribution >= 4 is 17.9 Å². The highest BCUT2D eigenvalue weighted by Crippen LogP contribution is 2.20. The topological polar surface area (TPSA) is 17.1 Å². The molecule has 0 aromatic rings. The molecule has 0 aliphatic rings. The number of alkyl halides is 1. The number of rotatable bonds is 8. The van der Waals surface area contributed by atoms with Crippen LogP contribution in [0.1, 0.15) is 52.4 Å². The molecule has 0 aromatic heterocycles. The van der Waals surface area contributed by atoms with Crippen molar-refractivity contribution in [1.29, 1.82) is 0 Å². The van der Waals surface area contributed by atoms with E-state index in [4.69, 9.17) is 11.6 Å². The summed E-state index contributed by atoms with van der Waals surface area (Å²) in [6.45, 7) is 4.18. The Morgan fingerprint density at radius 3 is 2.46 bits per heavy atom. The van der Waals surface area contributed by atoms with Gasteiger partial charge in [-0.3, -0.25) is 0 Å². The van der Waals surface area contributed by atoms with Gasteiger partial charge in [0.2, 0.25) is 0 Å². The molecule has 0 aromatic carbocycles. The number of carbonyl (C=O) groups is 1. The van der Waals surface area contributed by atoms with Crippen LogP contribution in [0, 0.1) is 5.92 Å². The number of unbranched alkanes of at least 4 members (excludes halogenated alkanes) is 3. The lowest BCUT2D eigenvalue weighted by atomic mass is 9.95. The number of carbonyl (C=O) groups excluding carboxylic acids is 1. The summed E-state index contributed by atoms with van der Waals surface area (Å²) in [7, 11) is 0. The molecule has 2 unspecified atom stereocenters. The van der Waals surface area contributed by atoms with E-state index in [2.05, 4.69) is 6.92 Å². The van der Waals surface area contributed by atoms with Gasteiger partial charge in [0.15, 0.2) is 0 Å². The largest absolute Gasteiger partial charge is 0.303 e. The molecule has 2 heteroatoms. The van der Waals surface area contributed by atoms with Crippen LogP contribution in [-0.4, -0.2) is 11.7 Å². The Balaban J connectivity index is 3.50. The van der Waals surface area contributed by atoms with Crippen molar-refractivity contribution in [3.8, 4) is 0 Å². The maximum absolute atomic E-state index is 10.3. The molecule has 2 atom stereocenters. The van der Waals surface area contributed by atoms with Gasteiger partial charge in [-0.25, -0.2) is 0 Å². The molecule has 0 N–H and O–H groups in total. The lowest BCUT2D eigenvalue weighted by Gasteiger charge is -2.15. The highest BCUT2D eigenvalue weighted by Gasteiger charge is 2.13. The van der Waals surface area contributed by atoms with Crippen molar-refractivity contribution in [1.82, 2.24) is 0 Å². The predicted molar refractivity (Wildman–Crippen MR) is 58.2 cm³/mol. The first-order valence-corrected chi connectivity index (χ1v) is 5.73. The van der Waals surface area contributed by atoms with Gasteiger partial charge in [-0.05, 0) is 19.3 Å². The van der Waals surface area contributed by atoms with Crippen molar-refractivity contribution in [2.75, 3.05) is 0 Å². The van der Waals surface area contributed by atoms with Crippen LogP contribution in [0.15, 0.2) is 0 Å². The lowest BCUT2D eigenvalue weighted by molar-refractivity contribution is -0.108. The van der Waals surface area contributed by atoms with Crippen LogP contribution in [-0.2, 0) is 4.79 Å². The summed E-state index contributed by atoms with van der Waals surface area (Å²) in [6.07, 6.45) is 7.75. The summed E-state index contributed by atoms with van der Waals surface area (Å²) < 4.78 is 0. The highest BCUT2D eigenvalue weighted by atomic mass is 35.5. The van der Waals surface area contributed by atoms with Crippen molar-refractivity contribution in [2.24, 2.45) is 5.92 Å². The predicted octanol–water partition coefficient (Wildman–Crippen LogP) is 3.79. The molecule has 0 rings (SSSR count). The molecular formula is C11H21ClO. The summed E-state index contributed by atoms with van der Waals surface area (Å²) >= 11 is 5.98. The Morgan fingerprint density at radius 2 is 2.00 bits per heavy atom. The standard InChI is InChI=1S/C11H21ClO/c1-3-4-5-6-7-11(8-9-13)10(2)12/h9-11H,3-8H2,1-2H3. The summed E-state index contributed by atoms with van der Waals surface area (Å²) in [5, 5.41) is 0.131. The molecule has 0 aliphatic carbocycles. The van der Waals surface area contributed by atoms with E-state index in [0.717, 1.165) is 12.7 Å². The first-order valence-electron chi connectivity index (χ1n) is 5.30. The van der Waals surface area contributed by atoms with Gasteiger partial charge in [-0.2, -0.15) is 0 Å². The van der Waals surface area contributed by atoms with Crippen LogP contribution in [0.5, 0.6) is 0 Å². The maximum Gasteiger partial charge on any atom is 0.120 e. The van der Waals surface area contributed by atoms with Crippen molar-refractivity contribution in [3.63, 3.8) is 0 Å². The zero-order chi connectivity index (χ0) is 10.1. The van der Waals surface area contributed by atoms with Gasteiger partial charge in [-0.15, -0.1) is 11.6 Å². The van der Waals surface area contributed by atoms with Crippen LogP contribution in [0.4, 0.5) is 0 Å². The minimum atomic E-state index is 0.131. The maximum atomic E-state index is 10.3. The molecule has 1 nitrogen and oxygen atoms in total. The van der Waals surface area contributed by atoms with E-state index in [9.17, 15) is 4.79 Å². The molecule has 13 heavy (non-hydrogen) atoms. The van der Waals surface area contributed by atoms with Gasteiger partial charge in [-0.1, -0.05) is 32.6 Å². The van der Waals surface area contributed by atoms with Gasteiger partial charge < -0.3 is 4.79 Å². The van der Waals surface area contributed by atoms with Gasteiger partial charge in [0.25, 0.3) is 0 Å². The van der Waals surface area contributed by atoms with Crippen molar-refractivity contribution in [3.05, 3.63) is 0 Å². The molecule has 0 bridgehead atoms. The molecule has 0 saturated carbocycles. The van der Waals surface area contributed by atoms with E-state index in [1.54, 1.807) is 0 Å². The third kappa shape index (κ3) is 7.06. The molecule has 0 fully saturated rings. The average molecular weight is 205 g/mol. The Bertz CT molecular complexity index is 123. The molecule has 0 amide bonds. The highest BCUT2D eigenvalue weighted by molar-refractivity contribution is 6.20. The zero-order valence-corrected chi connectivity index (χ0v) is 9.52.